The molecule has 0 saturated carbocycles. The fourth-order valence-corrected chi connectivity index (χ4v) is 5.64. The summed E-state index contributed by atoms with van der Waals surface area (Å²) in [5.41, 5.74) is -0.804. The lowest BCUT2D eigenvalue weighted by atomic mass is 9.98. The van der Waals surface area contributed by atoms with Crippen molar-refractivity contribution in [2.45, 2.75) is 104 Å². The van der Waals surface area contributed by atoms with Gasteiger partial charge in [-0.3, -0.25) is 19.2 Å². The van der Waals surface area contributed by atoms with Crippen molar-refractivity contribution in [1.29, 1.82) is 0 Å². The summed E-state index contributed by atoms with van der Waals surface area (Å²) in [7, 11) is 0. The molecular weight excluding hydrogens is 696 g/mol. The van der Waals surface area contributed by atoms with Crippen molar-refractivity contribution in [3.05, 3.63) is 64.5 Å². The minimum absolute atomic E-state index is 0.00654. The number of benzene rings is 2. The largest absolute Gasteiger partial charge is 0.489 e. The van der Waals surface area contributed by atoms with Gasteiger partial charge in [0, 0.05) is 33.8 Å². The van der Waals surface area contributed by atoms with Gasteiger partial charge in [-0.05, 0) is 30.7 Å². The number of fused-ring (bicyclic) bond motifs is 1. The molecule has 0 N–H and O–H groups in total. The van der Waals surface area contributed by atoms with E-state index >= 15 is 0 Å². The van der Waals surface area contributed by atoms with Gasteiger partial charge in [0.25, 0.3) is 5.75 Å². The molecule has 1 saturated heterocycles. The molecule has 0 aliphatic carbocycles. The van der Waals surface area contributed by atoms with Crippen LogP contribution in [0.15, 0.2) is 57.7 Å². The molecule has 2 heterocycles. The predicted molar refractivity (Wildman–Crippen MR) is 185 cm³/mol. The van der Waals surface area contributed by atoms with Crippen molar-refractivity contribution in [3.8, 4) is 17.2 Å². The molecule has 15 nitrogen and oxygen atoms in total. The van der Waals surface area contributed by atoms with Crippen LogP contribution in [-0.4, -0.2) is 73.8 Å². The van der Waals surface area contributed by atoms with Crippen LogP contribution in [0.25, 0.3) is 11.0 Å². The lowest BCUT2D eigenvalue weighted by Gasteiger charge is -2.43. The zero-order valence-corrected chi connectivity index (χ0v) is 30.3. The van der Waals surface area contributed by atoms with Crippen LogP contribution in [0.4, 0.5) is 0 Å². The Morgan fingerprint density at radius 3 is 2.02 bits per heavy atom. The molecule has 0 spiro atoms. The van der Waals surface area contributed by atoms with Crippen LogP contribution < -0.4 is 19.8 Å². The summed E-state index contributed by atoms with van der Waals surface area (Å²) in [5, 5.41) is 0.278. The third kappa shape index (κ3) is 11.5. The minimum atomic E-state index is -1.53. The molecule has 1 aliphatic heterocycles. The molecule has 2 aromatic carbocycles. The second-order valence-electron chi connectivity index (χ2n) is 12.3. The van der Waals surface area contributed by atoms with Crippen LogP contribution in [0, 0.1) is 0 Å². The van der Waals surface area contributed by atoms with Gasteiger partial charge in [-0.25, -0.2) is 9.59 Å². The van der Waals surface area contributed by atoms with Gasteiger partial charge in [-0.2, -0.15) is 0 Å². The van der Waals surface area contributed by atoms with E-state index in [0.717, 1.165) is 59.8 Å². The van der Waals surface area contributed by atoms with Gasteiger partial charge in [0.15, 0.2) is 18.0 Å². The van der Waals surface area contributed by atoms with Crippen LogP contribution in [0.1, 0.15) is 83.5 Å². The van der Waals surface area contributed by atoms with Gasteiger partial charge >= 0.3 is 35.5 Å². The van der Waals surface area contributed by atoms with Gasteiger partial charge in [0.2, 0.25) is 12.4 Å². The standard InChI is InChI=1S/C38H44O15/c1-6-7-8-9-10-14-19-45-31-28-18-17-27(20-29(28)51-37(44)34(31)53-36(43)26-15-12-11-13-16-26)50-38-35(49-25(5)42)33(48-24(4)41)32(47-23(3)40)30(52-38)21-46-22(2)39/h11-13,15-18,20,30,32-33,35,38H,6-10,14,19,21H2,1-5H3/t30-,32-,33+,35-,38-/m1/s1. The Kier molecular flexibility index (Phi) is 14.8. The van der Waals surface area contributed by atoms with E-state index in [-0.39, 0.29) is 34.6 Å². The highest BCUT2D eigenvalue weighted by molar-refractivity contribution is 5.93. The average molecular weight is 741 g/mol. The Morgan fingerprint density at radius 2 is 1.36 bits per heavy atom. The van der Waals surface area contributed by atoms with Crippen LogP contribution in [0.5, 0.6) is 17.2 Å². The number of unbranched alkanes of at least 4 members (excludes halogenated alkanes) is 5. The number of carbonyl (C=O) groups excluding carboxylic acids is 5. The van der Waals surface area contributed by atoms with Gasteiger partial charge < -0.3 is 42.3 Å². The van der Waals surface area contributed by atoms with Crippen molar-refractivity contribution in [3.63, 3.8) is 0 Å². The number of rotatable bonds is 17. The fraction of sp³-hybridized carbons (Fsp3) is 0.474. The zero-order chi connectivity index (χ0) is 38.5. The molecule has 286 valence electrons. The summed E-state index contributed by atoms with van der Waals surface area (Å²) in [4.78, 5) is 74.5. The molecule has 5 atom stereocenters. The quantitative estimate of drug-likeness (QED) is 0.0758. The Labute approximate surface area is 305 Å². The zero-order valence-electron chi connectivity index (χ0n) is 30.3. The number of esters is 5. The number of hydrogen-bond donors (Lipinski definition) is 0. The Hall–Kier alpha value is -5.44. The molecule has 15 heteroatoms. The van der Waals surface area contributed by atoms with E-state index in [0.29, 0.717) is 6.42 Å². The smallest absolute Gasteiger partial charge is 0.383 e. The van der Waals surface area contributed by atoms with Crippen LogP contribution >= 0.6 is 0 Å². The highest BCUT2D eigenvalue weighted by atomic mass is 16.7. The van der Waals surface area contributed by atoms with E-state index in [2.05, 4.69) is 6.92 Å². The molecule has 1 fully saturated rings. The van der Waals surface area contributed by atoms with Gasteiger partial charge in [0.1, 0.15) is 24.0 Å². The molecule has 1 aromatic heterocycles. The summed E-state index contributed by atoms with van der Waals surface area (Å²) >= 11 is 0. The van der Waals surface area contributed by atoms with E-state index in [1.807, 2.05) is 0 Å². The third-order valence-corrected chi connectivity index (χ3v) is 7.94. The molecular formula is C38H44O15. The lowest BCUT2D eigenvalue weighted by Crippen LogP contribution is -2.63. The van der Waals surface area contributed by atoms with Crippen LogP contribution in [0.3, 0.4) is 0 Å². The van der Waals surface area contributed by atoms with E-state index < -0.39 is 78.5 Å². The summed E-state index contributed by atoms with van der Waals surface area (Å²) in [6.45, 7) is 6.38. The van der Waals surface area contributed by atoms with E-state index in [1.165, 1.54) is 18.2 Å². The first-order valence-electron chi connectivity index (χ1n) is 17.4. The van der Waals surface area contributed by atoms with Crippen molar-refractivity contribution in [2.75, 3.05) is 13.2 Å². The van der Waals surface area contributed by atoms with Crippen LogP contribution in [-0.2, 0) is 42.9 Å². The average Bonchev–Trinajstić information content (AvgIpc) is 3.10. The molecule has 53 heavy (non-hydrogen) atoms. The molecule has 0 amide bonds. The van der Waals surface area contributed by atoms with Crippen LogP contribution in [0.2, 0.25) is 0 Å². The number of carbonyl (C=O) groups is 5. The maximum absolute atomic E-state index is 13.4. The first-order valence-corrected chi connectivity index (χ1v) is 17.4. The monoisotopic (exact) mass is 740 g/mol. The lowest BCUT2D eigenvalue weighted by molar-refractivity contribution is -0.288. The summed E-state index contributed by atoms with van der Waals surface area (Å²) in [5.74, 6) is -4.26. The summed E-state index contributed by atoms with van der Waals surface area (Å²) in [6.07, 6.45) is -1.17. The fourth-order valence-electron chi connectivity index (χ4n) is 5.64. The van der Waals surface area contributed by atoms with Gasteiger partial charge in [-0.1, -0.05) is 57.2 Å². The first kappa shape index (κ1) is 40.3. The van der Waals surface area contributed by atoms with Crippen molar-refractivity contribution in [1.82, 2.24) is 0 Å². The van der Waals surface area contributed by atoms with Crippen molar-refractivity contribution >= 4 is 40.8 Å². The Bertz CT molecular complexity index is 1800. The number of hydrogen-bond acceptors (Lipinski definition) is 15. The number of ether oxygens (including phenoxy) is 8. The highest BCUT2D eigenvalue weighted by Gasteiger charge is 2.53. The molecule has 0 bridgehead atoms. The molecule has 1 aliphatic rings. The maximum Gasteiger partial charge on any atom is 0.383 e. The Balaban J connectivity index is 1.70. The molecule has 0 unspecified atom stereocenters. The molecule has 4 rings (SSSR count). The second-order valence-corrected chi connectivity index (χ2v) is 12.3. The highest BCUT2D eigenvalue weighted by Crippen LogP contribution is 2.37. The maximum atomic E-state index is 13.4. The Morgan fingerprint density at radius 1 is 0.717 bits per heavy atom. The molecule has 3 aromatic rings. The molecule has 0 radical (unpaired) electrons. The van der Waals surface area contributed by atoms with Gasteiger partial charge in [-0.15, -0.1) is 0 Å². The van der Waals surface area contributed by atoms with E-state index in [4.69, 9.17) is 42.3 Å². The second kappa shape index (κ2) is 19.4. The normalized spacial score (nSPS) is 19.5. The SMILES string of the molecule is CCCCCCCCOc1c(OC(=O)c2ccccc2)c(=O)oc2cc(O[C@@H]3O[C@H](COC(C)=O)[C@@H](OC(C)=O)[C@H](OC(C)=O)[C@H]3OC(C)=O)ccc12. The summed E-state index contributed by atoms with van der Waals surface area (Å²) in [6, 6.07) is 12.4. The van der Waals surface area contributed by atoms with E-state index in [9.17, 15) is 28.8 Å². The van der Waals surface area contributed by atoms with Crippen molar-refractivity contribution < 1.29 is 66.3 Å². The minimum Gasteiger partial charge on any atom is -0.489 e. The van der Waals surface area contributed by atoms with Gasteiger partial charge in [0.05, 0.1) is 17.6 Å². The summed E-state index contributed by atoms with van der Waals surface area (Å²) < 4.78 is 50.8. The third-order valence-electron chi connectivity index (χ3n) is 7.94. The van der Waals surface area contributed by atoms with Crippen molar-refractivity contribution in [2.24, 2.45) is 0 Å². The predicted octanol–water partition coefficient (Wildman–Crippen LogP) is 5.21. The first-order chi connectivity index (χ1) is 25.4. The topological polar surface area (TPSA) is 189 Å². The van der Waals surface area contributed by atoms with E-state index in [1.54, 1.807) is 30.3 Å².